The van der Waals surface area contributed by atoms with Gasteiger partial charge in [0.2, 0.25) is 15.9 Å². The lowest BCUT2D eigenvalue weighted by Gasteiger charge is -2.40. The van der Waals surface area contributed by atoms with Crippen LogP contribution < -0.4 is 4.72 Å². The Labute approximate surface area is 231 Å². The normalized spacial score (nSPS) is 22.4. The summed E-state index contributed by atoms with van der Waals surface area (Å²) in [5, 5.41) is 13.3. The molecule has 9 nitrogen and oxygen atoms in total. The Morgan fingerprint density at radius 1 is 1.21 bits per heavy atom. The number of piperidine rings is 1. The molecule has 0 spiro atoms. The molecule has 2 aliphatic rings. The quantitative estimate of drug-likeness (QED) is 0.347. The van der Waals surface area contributed by atoms with Crippen LogP contribution in [0.1, 0.15) is 24.0 Å². The molecule has 0 aliphatic carbocycles. The van der Waals surface area contributed by atoms with Crippen molar-refractivity contribution in [1.82, 2.24) is 19.5 Å². The van der Waals surface area contributed by atoms with Crippen molar-refractivity contribution in [3.8, 4) is 0 Å². The molecule has 4 rings (SSSR count). The minimum Gasteiger partial charge on any atom is -0.383 e. The van der Waals surface area contributed by atoms with Gasteiger partial charge in [-0.2, -0.15) is 11.5 Å². The van der Waals surface area contributed by atoms with E-state index in [-0.39, 0.29) is 29.2 Å². The van der Waals surface area contributed by atoms with Crippen LogP contribution in [-0.2, 0) is 26.8 Å². The molecular formula is C29H37N5O4S. The highest BCUT2D eigenvalue weighted by Gasteiger charge is 2.49. The summed E-state index contributed by atoms with van der Waals surface area (Å²) in [4.78, 5) is 21.3. The summed E-state index contributed by atoms with van der Waals surface area (Å²) in [6.07, 6.45) is 3.54. The van der Waals surface area contributed by atoms with E-state index < -0.39 is 15.6 Å². The van der Waals surface area contributed by atoms with Crippen molar-refractivity contribution in [2.75, 3.05) is 46.3 Å². The van der Waals surface area contributed by atoms with Crippen LogP contribution in [0.5, 0.6) is 0 Å². The number of sulfonamides is 1. The predicted octanol–water partition coefficient (Wildman–Crippen LogP) is 2.27. The van der Waals surface area contributed by atoms with Gasteiger partial charge in [-0.3, -0.25) is 4.79 Å². The molecule has 0 unspecified atom stereocenters. The fraction of sp³-hybridized carbons (Fsp3) is 0.448. The average Bonchev–Trinajstić information content (AvgIpc) is 3.29. The van der Waals surface area contributed by atoms with Crippen LogP contribution in [0, 0.1) is 12.5 Å². The maximum absolute atomic E-state index is 13.3. The van der Waals surface area contributed by atoms with Gasteiger partial charge in [0.15, 0.2) is 0 Å². The Morgan fingerprint density at radius 3 is 2.46 bits per heavy atom. The number of benzene rings is 2. The minimum absolute atomic E-state index is 0.0143. The first kappa shape index (κ1) is 28.8. The minimum atomic E-state index is -3.52. The van der Waals surface area contributed by atoms with Crippen molar-refractivity contribution in [2.45, 2.75) is 35.8 Å². The maximum atomic E-state index is 13.3. The number of aliphatic hydroxyl groups is 1. The van der Waals surface area contributed by atoms with Crippen LogP contribution in [0.25, 0.3) is 4.95 Å². The smallest absolute Gasteiger partial charge is 0.240 e. The van der Waals surface area contributed by atoms with Crippen LogP contribution in [0.15, 0.2) is 72.1 Å². The fourth-order valence-electron chi connectivity index (χ4n) is 5.72. The Hall–Kier alpha value is -3.23. The fourth-order valence-corrected chi connectivity index (χ4v) is 6.45. The molecule has 2 atom stereocenters. The first-order chi connectivity index (χ1) is 18.7. The van der Waals surface area contributed by atoms with Crippen LogP contribution in [0.2, 0.25) is 0 Å². The van der Waals surface area contributed by atoms with Crippen LogP contribution in [-0.4, -0.2) is 86.6 Å². The summed E-state index contributed by atoms with van der Waals surface area (Å²) >= 11 is 0. The van der Waals surface area contributed by atoms with E-state index in [9.17, 15) is 18.3 Å². The van der Waals surface area contributed by atoms with E-state index in [0.29, 0.717) is 26.2 Å². The second kappa shape index (κ2) is 12.3. The largest absolute Gasteiger partial charge is 0.383 e. The number of carbonyl (C=O) groups is 1. The molecule has 2 saturated heterocycles. The van der Waals surface area contributed by atoms with Gasteiger partial charge in [0, 0.05) is 38.1 Å². The molecule has 2 N–H and O–H groups in total. The number of amides is 1. The van der Waals surface area contributed by atoms with Crippen molar-refractivity contribution >= 4 is 15.9 Å². The van der Waals surface area contributed by atoms with E-state index in [1.54, 1.807) is 23.2 Å². The highest BCUT2D eigenvalue weighted by Crippen LogP contribution is 2.38. The third-order valence-corrected chi connectivity index (χ3v) is 9.36. The molecule has 0 radical (unpaired) electrons. The highest BCUT2D eigenvalue weighted by atomic mass is 32.2. The summed E-state index contributed by atoms with van der Waals surface area (Å²) in [7, 11) is -2.16. The molecule has 2 aromatic rings. The Balaban J connectivity index is 1.37. The number of hydrogen-bond donors (Lipinski definition) is 2. The summed E-state index contributed by atoms with van der Waals surface area (Å²) in [5.41, 5.74) is 0.526. The lowest BCUT2D eigenvalue weighted by molar-refractivity contribution is -0.133. The Morgan fingerprint density at radius 2 is 1.87 bits per heavy atom. The average molecular weight is 552 g/mol. The Kier molecular flexibility index (Phi) is 9.08. The third kappa shape index (κ3) is 6.50. The van der Waals surface area contributed by atoms with Crippen molar-refractivity contribution < 1.29 is 18.3 Å². The standard InChI is InChI=1S/C29H37N5O4S/c1-4-16-34(28(35)19-23-10-12-27(13-11-23)39(37,38)31-3)26-14-17-32(18-15-26)20-25-21-33(30-2)22-29(25,36)24-8-6-5-7-9-24/h4-13,25-26,31,36H,1,14-22H2,3H3/t25-,29-/m0/s1. The second-order valence-electron chi connectivity index (χ2n) is 10.3. The number of rotatable bonds is 10. The number of carbonyl (C=O) groups excluding carboxylic acids is 1. The molecular weight excluding hydrogens is 514 g/mol. The lowest BCUT2D eigenvalue weighted by atomic mass is 9.83. The molecule has 39 heavy (non-hydrogen) atoms. The van der Waals surface area contributed by atoms with Gasteiger partial charge in [0.25, 0.3) is 0 Å². The molecule has 0 aromatic heterocycles. The van der Waals surface area contributed by atoms with E-state index in [1.807, 2.05) is 35.2 Å². The lowest BCUT2D eigenvalue weighted by Crippen LogP contribution is -2.50. The summed E-state index contributed by atoms with van der Waals surface area (Å²) in [6.45, 7) is 14.9. The van der Waals surface area contributed by atoms with Crippen LogP contribution in [0.3, 0.4) is 0 Å². The third-order valence-electron chi connectivity index (χ3n) is 7.93. The van der Waals surface area contributed by atoms with Crippen LogP contribution in [0.4, 0.5) is 0 Å². The topological polar surface area (TPSA) is 97.5 Å². The summed E-state index contributed by atoms with van der Waals surface area (Å²) in [6, 6.07) is 16.1. The maximum Gasteiger partial charge on any atom is 0.240 e. The predicted molar refractivity (Wildman–Crippen MR) is 150 cm³/mol. The monoisotopic (exact) mass is 551 g/mol. The molecule has 1 amide bonds. The van der Waals surface area contributed by atoms with Crippen molar-refractivity contribution in [1.29, 1.82) is 0 Å². The first-order valence-corrected chi connectivity index (χ1v) is 14.7. The molecule has 0 bridgehead atoms. The van der Waals surface area contributed by atoms with E-state index in [0.717, 1.165) is 37.1 Å². The van der Waals surface area contributed by atoms with Gasteiger partial charge in [-0.05, 0) is 43.1 Å². The molecule has 10 heteroatoms. The van der Waals surface area contributed by atoms with Gasteiger partial charge in [-0.1, -0.05) is 48.5 Å². The SMILES string of the molecule is [C-]#[N+]N1C[C@H](CN2CCC(N(CC=C)C(=O)Cc3ccc(S(=O)(=O)NC)cc3)CC2)[C@@](O)(c2ccccc2)C1. The zero-order chi connectivity index (χ0) is 28.0. The van der Waals surface area contributed by atoms with Crippen molar-refractivity contribution in [3.05, 3.63) is 89.9 Å². The summed E-state index contributed by atoms with van der Waals surface area (Å²) < 4.78 is 26.2. The van der Waals surface area contributed by atoms with Gasteiger partial charge < -0.3 is 14.9 Å². The second-order valence-corrected chi connectivity index (χ2v) is 12.2. The van der Waals surface area contributed by atoms with Gasteiger partial charge in [-0.15, -0.1) is 11.6 Å². The van der Waals surface area contributed by atoms with Gasteiger partial charge in [0.1, 0.15) is 12.1 Å². The van der Waals surface area contributed by atoms with E-state index in [2.05, 4.69) is 21.2 Å². The molecule has 2 fully saturated rings. The summed E-state index contributed by atoms with van der Waals surface area (Å²) in [5.74, 6) is -0.106. The molecule has 0 saturated carbocycles. The number of likely N-dealkylation sites (tertiary alicyclic amines) is 1. The van der Waals surface area contributed by atoms with Gasteiger partial charge >= 0.3 is 0 Å². The molecule has 2 heterocycles. The van der Waals surface area contributed by atoms with E-state index in [1.165, 1.54) is 19.2 Å². The van der Waals surface area contributed by atoms with Crippen LogP contribution >= 0.6 is 0 Å². The first-order valence-electron chi connectivity index (χ1n) is 13.3. The zero-order valence-electron chi connectivity index (χ0n) is 22.4. The van der Waals surface area contributed by atoms with E-state index >= 15 is 0 Å². The highest BCUT2D eigenvalue weighted by molar-refractivity contribution is 7.89. The molecule has 2 aromatic carbocycles. The van der Waals surface area contributed by atoms with Crippen molar-refractivity contribution in [2.24, 2.45) is 5.92 Å². The zero-order valence-corrected chi connectivity index (χ0v) is 23.2. The Bertz CT molecular complexity index is 1290. The number of hydrogen-bond acceptors (Lipinski definition) is 6. The molecule has 2 aliphatic heterocycles. The van der Waals surface area contributed by atoms with Crippen molar-refractivity contribution in [3.63, 3.8) is 0 Å². The van der Waals surface area contributed by atoms with Gasteiger partial charge in [-0.25, -0.2) is 13.1 Å². The van der Waals surface area contributed by atoms with Gasteiger partial charge in [0.05, 0.1) is 17.9 Å². The number of nitrogens with one attached hydrogen (secondary N) is 1. The number of β-amino-alcohol motifs (C(OH)–C–C–N with tert-alkyl or cyclic N) is 1. The molecule has 208 valence electrons. The van der Waals surface area contributed by atoms with E-state index in [4.69, 9.17) is 6.57 Å². The number of nitrogens with zero attached hydrogens (tertiary/aromatic N) is 4.